The van der Waals surface area contributed by atoms with Crippen molar-refractivity contribution in [1.29, 1.82) is 0 Å². The minimum absolute atomic E-state index is 0.203. The maximum absolute atomic E-state index is 11.8. The predicted molar refractivity (Wildman–Crippen MR) is 78.1 cm³/mol. The van der Waals surface area contributed by atoms with Gasteiger partial charge in [-0.25, -0.2) is 8.42 Å². The Hall–Kier alpha value is -0.660. The number of hydrogen-bond acceptors (Lipinski definition) is 5. The molecule has 1 aliphatic rings. The average molecular weight is 306 g/mol. The second-order valence-electron chi connectivity index (χ2n) is 5.95. The summed E-state index contributed by atoms with van der Waals surface area (Å²) in [4.78, 5) is 11.8. The second-order valence-corrected chi connectivity index (χ2v) is 8.51. The first-order valence-corrected chi connectivity index (χ1v) is 8.89. The number of amides is 1. The molecule has 1 saturated carbocycles. The van der Waals surface area contributed by atoms with Gasteiger partial charge in [0.1, 0.15) is 4.75 Å². The molecular weight excluding hydrogens is 280 g/mol. The van der Waals surface area contributed by atoms with E-state index in [1.807, 2.05) is 0 Å². The highest BCUT2D eigenvalue weighted by molar-refractivity contribution is 7.92. The predicted octanol–water partition coefficient (Wildman–Crippen LogP) is 0.212. The monoisotopic (exact) mass is 306 g/mol. The molecule has 0 aromatic rings. The molecule has 0 bridgehead atoms. The van der Waals surface area contributed by atoms with Crippen molar-refractivity contribution in [2.75, 3.05) is 19.4 Å². The number of sulfone groups is 1. The molecule has 0 atom stereocenters. The molecule has 1 rings (SSSR count). The summed E-state index contributed by atoms with van der Waals surface area (Å²) in [5.74, 6) is -0.491. The fourth-order valence-electron chi connectivity index (χ4n) is 2.03. The van der Waals surface area contributed by atoms with Crippen LogP contribution < -0.4 is 11.1 Å². The Morgan fingerprint density at radius 2 is 1.85 bits per heavy atom. The van der Waals surface area contributed by atoms with Crippen LogP contribution in [0.25, 0.3) is 0 Å². The molecule has 0 heterocycles. The van der Waals surface area contributed by atoms with Crippen LogP contribution in [0.5, 0.6) is 0 Å². The zero-order chi connectivity index (χ0) is 15.4. The van der Waals surface area contributed by atoms with E-state index >= 15 is 0 Å². The minimum Gasteiger partial charge on any atom is -0.376 e. The van der Waals surface area contributed by atoms with E-state index < -0.39 is 20.5 Å². The van der Waals surface area contributed by atoms with Crippen molar-refractivity contribution in [3.63, 3.8) is 0 Å². The highest BCUT2D eigenvalue weighted by Gasteiger charge is 2.38. The SMILES string of the molecule is CC(C)(C(=O)NCCOC1CCC(N)CC1)S(C)(=O)=O. The average Bonchev–Trinajstić information content (AvgIpc) is 2.35. The molecule has 118 valence electrons. The zero-order valence-electron chi connectivity index (χ0n) is 12.5. The maximum Gasteiger partial charge on any atom is 0.240 e. The van der Waals surface area contributed by atoms with Crippen LogP contribution in [0.15, 0.2) is 0 Å². The smallest absolute Gasteiger partial charge is 0.240 e. The van der Waals surface area contributed by atoms with Gasteiger partial charge in [0.05, 0.1) is 12.7 Å². The van der Waals surface area contributed by atoms with Crippen LogP contribution in [0.4, 0.5) is 0 Å². The van der Waals surface area contributed by atoms with E-state index in [0.29, 0.717) is 13.2 Å². The van der Waals surface area contributed by atoms with E-state index in [4.69, 9.17) is 10.5 Å². The lowest BCUT2D eigenvalue weighted by atomic mass is 9.94. The lowest BCUT2D eigenvalue weighted by Crippen LogP contribution is -2.48. The van der Waals surface area contributed by atoms with Gasteiger partial charge in [-0.3, -0.25) is 4.79 Å². The summed E-state index contributed by atoms with van der Waals surface area (Å²) in [6.45, 7) is 3.52. The molecule has 0 spiro atoms. The molecule has 0 radical (unpaired) electrons. The summed E-state index contributed by atoms with van der Waals surface area (Å²) in [7, 11) is -3.43. The minimum atomic E-state index is -3.43. The largest absolute Gasteiger partial charge is 0.376 e. The van der Waals surface area contributed by atoms with Crippen LogP contribution in [-0.4, -0.2) is 50.6 Å². The van der Waals surface area contributed by atoms with Gasteiger partial charge in [-0.05, 0) is 39.5 Å². The highest BCUT2D eigenvalue weighted by Crippen LogP contribution is 2.19. The van der Waals surface area contributed by atoms with Crippen LogP contribution in [0.3, 0.4) is 0 Å². The van der Waals surface area contributed by atoms with Gasteiger partial charge in [0.2, 0.25) is 5.91 Å². The molecule has 7 heteroatoms. The van der Waals surface area contributed by atoms with Gasteiger partial charge in [0.25, 0.3) is 0 Å². The third-order valence-corrected chi connectivity index (χ3v) is 5.97. The number of hydrogen-bond donors (Lipinski definition) is 2. The highest BCUT2D eigenvalue weighted by atomic mass is 32.2. The number of nitrogens with one attached hydrogen (secondary N) is 1. The Labute approximate surface area is 121 Å². The molecule has 1 fully saturated rings. The van der Waals surface area contributed by atoms with Gasteiger partial charge < -0.3 is 15.8 Å². The fraction of sp³-hybridized carbons (Fsp3) is 0.923. The fourth-order valence-corrected chi connectivity index (χ4v) is 2.44. The van der Waals surface area contributed by atoms with Crippen molar-refractivity contribution in [3.05, 3.63) is 0 Å². The number of nitrogens with two attached hydrogens (primary N) is 1. The lowest BCUT2D eigenvalue weighted by Gasteiger charge is -2.26. The molecule has 0 aromatic carbocycles. The normalized spacial score (nSPS) is 24.4. The molecule has 6 nitrogen and oxygen atoms in total. The van der Waals surface area contributed by atoms with E-state index in [1.165, 1.54) is 13.8 Å². The summed E-state index contributed by atoms with van der Waals surface area (Å²) >= 11 is 0. The van der Waals surface area contributed by atoms with Crippen molar-refractivity contribution in [2.24, 2.45) is 5.73 Å². The van der Waals surface area contributed by atoms with Crippen molar-refractivity contribution in [1.82, 2.24) is 5.32 Å². The quantitative estimate of drug-likeness (QED) is 0.684. The molecule has 0 unspecified atom stereocenters. The Morgan fingerprint density at radius 3 is 2.35 bits per heavy atom. The van der Waals surface area contributed by atoms with Crippen molar-refractivity contribution in [2.45, 2.75) is 56.4 Å². The standard InChI is InChI=1S/C13H26N2O4S/c1-13(2,20(3,17)18)12(16)15-8-9-19-11-6-4-10(14)5-7-11/h10-11H,4-9,14H2,1-3H3,(H,15,16). The van der Waals surface area contributed by atoms with E-state index in [0.717, 1.165) is 31.9 Å². The molecule has 3 N–H and O–H groups in total. The van der Waals surface area contributed by atoms with Crippen molar-refractivity contribution < 1.29 is 17.9 Å². The van der Waals surface area contributed by atoms with Gasteiger partial charge >= 0.3 is 0 Å². The van der Waals surface area contributed by atoms with Gasteiger partial charge in [-0.15, -0.1) is 0 Å². The molecule has 0 saturated heterocycles. The molecule has 1 amide bonds. The van der Waals surface area contributed by atoms with Crippen molar-refractivity contribution in [3.8, 4) is 0 Å². The van der Waals surface area contributed by atoms with Gasteiger partial charge in [-0.1, -0.05) is 0 Å². The van der Waals surface area contributed by atoms with Gasteiger partial charge in [-0.2, -0.15) is 0 Å². The molecular formula is C13H26N2O4S. The summed E-state index contributed by atoms with van der Waals surface area (Å²) in [5.41, 5.74) is 5.81. The first-order chi connectivity index (χ1) is 9.14. The Bertz CT molecular complexity index is 426. The molecule has 0 aliphatic heterocycles. The third kappa shape index (κ3) is 4.71. The Kier molecular flexibility index (Phi) is 5.97. The summed E-state index contributed by atoms with van der Waals surface area (Å²) in [6, 6.07) is 0.283. The van der Waals surface area contributed by atoms with Crippen LogP contribution in [0.2, 0.25) is 0 Å². The lowest BCUT2D eigenvalue weighted by molar-refractivity contribution is -0.123. The Morgan fingerprint density at radius 1 is 1.30 bits per heavy atom. The molecule has 0 aromatic heterocycles. The first-order valence-electron chi connectivity index (χ1n) is 6.99. The van der Waals surface area contributed by atoms with E-state index in [1.54, 1.807) is 0 Å². The maximum atomic E-state index is 11.8. The van der Waals surface area contributed by atoms with Crippen LogP contribution in [-0.2, 0) is 19.4 Å². The van der Waals surface area contributed by atoms with Crippen LogP contribution in [0, 0.1) is 0 Å². The number of carbonyl (C=O) groups is 1. The first kappa shape index (κ1) is 17.4. The van der Waals surface area contributed by atoms with Gasteiger partial charge in [0, 0.05) is 18.8 Å². The number of rotatable bonds is 6. The Balaban J connectivity index is 2.26. The zero-order valence-corrected chi connectivity index (χ0v) is 13.3. The van der Waals surface area contributed by atoms with E-state index in [9.17, 15) is 13.2 Å². The van der Waals surface area contributed by atoms with E-state index in [-0.39, 0.29) is 12.1 Å². The topological polar surface area (TPSA) is 98.5 Å². The van der Waals surface area contributed by atoms with Crippen LogP contribution >= 0.6 is 0 Å². The molecule has 20 heavy (non-hydrogen) atoms. The third-order valence-electron chi connectivity index (χ3n) is 3.93. The summed E-state index contributed by atoms with van der Waals surface area (Å²) in [6.07, 6.45) is 5.10. The van der Waals surface area contributed by atoms with Crippen molar-refractivity contribution >= 4 is 15.7 Å². The number of carbonyl (C=O) groups excluding carboxylic acids is 1. The summed E-state index contributed by atoms with van der Waals surface area (Å²) < 4.78 is 27.3. The van der Waals surface area contributed by atoms with E-state index in [2.05, 4.69) is 5.32 Å². The molecule has 1 aliphatic carbocycles. The number of ether oxygens (including phenoxy) is 1. The van der Waals surface area contributed by atoms with Gasteiger partial charge in [0.15, 0.2) is 9.84 Å². The summed E-state index contributed by atoms with van der Waals surface area (Å²) in [5, 5.41) is 2.61. The van der Waals surface area contributed by atoms with Crippen LogP contribution in [0.1, 0.15) is 39.5 Å². The second kappa shape index (κ2) is 6.87.